The predicted octanol–water partition coefficient (Wildman–Crippen LogP) is 3.76. The van der Waals surface area contributed by atoms with Crippen molar-refractivity contribution in [3.8, 4) is 0 Å². The summed E-state index contributed by atoms with van der Waals surface area (Å²) in [6.45, 7) is 12.0. The lowest BCUT2D eigenvalue weighted by Gasteiger charge is -2.25. The van der Waals surface area contributed by atoms with E-state index in [0.717, 1.165) is 24.8 Å². The molecule has 0 heterocycles. The zero-order valence-electron chi connectivity index (χ0n) is 10.7. The molecule has 1 N–H and O–H groups in total. The van der Waals surface area contributed by atoms with Crippen LogP contribution in [0.15, 0.2) is 12.2 Å². The molecular weight excluding hydrogens is 182 g/mol. The van der Waals surface area contributed by atoms with Gasteiger partial charge in [0.05, 0.1) is 0 Å². The van der Waals surface area contributed by atoms with Crippen LogP contribution >= 0.6 is 0 Å². The molecule has 1 heteroatoms. The molecule has 0 aromatic carbocycles. The Morgan fingerprint density at radius 3 is 2.60 bits per heavy atom. The summed E-state index contributed by atoms with van der Waals surface area (Å²) in [4.78, 5) is 0. The maximum atomic E-state index is 4.15. The minimum Gasteiger partial charge on any atom is -0.314 e. The Morgan fingerprint density at radius 2 is 2.13 bits per heavy atom. The van der Waals surface area contributed by atoms with Crippen molar-refractivity contribution in [1.82, 2.24) is 5.32 Å². The van der Waals surface area contributed by atoms with E-state index in [1.165, 1.54) is 31.3 Å². The van der Waals surface area contributed by atoms with Crippen LogP contribution in [0, 0.1) is 11.8 Å². The third-order valence-electron chi connectivity index (χ3n) is 3.78. The highest BCUT2D eigenvalue weighted by Gasteiger charge is 2.28. The first-order chi connectivity index (χ1) is 7.17. The van der Waals surface area contributed by atoms with Crippen molar-refractivity contribution in [2.75, 3.05) is 6.54 Å². The fraction of sp³-hybridized carbons (Fsp3) is 0.857. The lowest BCUT2D eigenvalue weighted by atomic mass is 9.91. The lowest BCUT2D eigenvalue weighted by molar-refractivity contribution is 0.352. The molecule has 3 unspecified atom stereocenters. The van der Waals surface area contributed by atoms with Crippen LogP contribution in [0.4, 0.5) is 0 Å². The highest BCUT2D eigenvalue weighted by molar-refractivity contribution is 4.99. The molecule has 0 bridgehead atoms. The van der Waals surface area contributed by atoms with Gasteiger partial charge in [0.15, 0.2) is 0 Å². The van der Waals surface area contributed by atoms with Gasteiger partial charge >= 0.3 is 0 Å². The Labute approximate surface area is 95.3 Å². The van der Waals surface area contributed by atoms with Crippen molar-refractivity contribution in [3.63, 3.8) is 0 Å². The third-order valence-corrected chi connectivity index (χ3v) is 3.78. The largest absolute Gasteiger partial charge is 0.314 e. The van der Waals surface area contributed by atoms with E-state index in [0.29, 0.717) is 6.04 Å². The molecule has 1 rings (SSSR count). The summed E-state index contributed by atoms with van der Waals surface area (Å²) >= 11 is 0. The van der Waals surface area contributed by atoms with E-state index >= 15 is 0 Å². The number of rotatable bonds is 6. The Hall–Kier alpha value is -0.300. The van der Waals surface area contributed by atoms with Crippen molar-refractivity contribution in [3.05, 3.63) is 12.2 Å². The molecular formula is C14H27N. The minimum absolute atomic E-state index is 0.687. The standard InChI is InChI=1S/C14H27N/c1-5-11(3)10-14(15-6-2)13-8-7-12(4)9-13/h12-15H,3,5-10H2,1-2,4H3. The molecule has 88 valence electrons. The van der Waals surface area contributed by atoms with Gasteiger partial charge in [-0.2, -0.15) is 0 Å². The van der Waals surface area contributed by atoms with Gasteiger partial charge in [-0.25, -0.2) is 0 Å². The Bertz CT molecular complexity index is 198. The summed E-state index contributed by atoms with van der Waals surface area (Å²) in [5, 5.41) is 3.65. The molecule has 0 radical (unpaired) electrons. The van der Waals surface area contributed by atoms with Gasteiger partial charge in [0.1, 0.15) is 0 Å². The van der Waals surface area contributed by atoms with E-state index in [4.69, 9.17) is 0 Å². The first-order valence-electron chi connectivity index (χ1n) is 6.57. The van der Waals surface area contributed by atoms with Gasteiger partial charge in [0.25, 0.3) is 0 Å². The Kier molecular flexibility index (Phi) is 5.38. The van der Waals surface area contributed by atoms with Gasteiger partial charge in [0.2, 0.25) is 0 Å². The van der Waals surface area contributed by atoms with Crippen LogP contribution in [0.5, 0.6) is 0 Å². The van der Waals surface area contributed by atoms with Crippen LogP contribution in [-0.4, -0.2) is 12.6 Å². The van der Waals surface area contributed by atoms with Gasteiger partial charge in [0, 0.05) is 6.04 Å². The molecule has 15 heavy (non-hydrogen) atoms. The average Bonchev–Trinajstić information content (AvgIpc) is 2.64. The van der Waals surface area contributed by atoms with Gasteiger partial charge in [-0.1, -0.05) is 39.3 Å². The van der Waals surface area contributed by atoms with E-state index < -0.39 is 0 Å². The quantitative estimate of drug-likeness (QED) is 0.657. The van der Waals surface area contributed by atoms with Crippen molar-refractivity contribution >= 4 is 0 Å². The lowest BCUT2D eigenvalue weighted by Crippen LogP contribution is -2.35. The number of nitrogens with one attached hydrogen (secondary N) is 1. The van der Waals surface area contributed by atoms with Crippen molar-refractivity contribution in [2.45, 2.75) is 58.9 Å². The van der Waals surface area contributed by atoms with E-state index in [1.807, 2.05) is 0 Å². The van der Waals surface area contributed by atoms with Gasteiger partial charge in [-0.3, -0.25) is 0 Å². The first kappa shape index (κ1) is 12.8. The molecule has 1 aliphatic carbocycles. The van der Waals surface area contributed by atoms with E-state index in [-0.39, 0.29) is 0 Å². The fourth-order valence-electron chi connectivity index (χ4n) is 2.74. The fourth-order valence-corrected chi connectivity index (χ4v) is 2.74. The van der Waals surface area contributed by atoms with Crippen LogP contribution in [0.3, 0.4) is 0 Å². The topological polar surface area (TPSA) is 12.0 Å². The first-order valence-corrected chi connectivity index (χ1v) is 6.57. The van der Waals surface area contributed by atoms with Crippen molar-refractivity contribution in [1.29, 1.82) is 0 Å². The maximum Gasteiger partial charge on any atom is 0.0132 e. The van der Waals surface area contributed by atoms with Crippen LogP contribution < -0.4 is 5.32 Å². The second-order valence-corrected chi connectivity index (χ2v) is 5.15. The van der Waals surface area contributed by atoms with Gasteiger partial charge in [-0.05, 0) is 44.1 Å². The van der Waals surface area contributed by atoms with Crippen LogP contribution in [0.2, 0.25) is 0 Å². The summed E-state index contributed by atoms with van der Waals surface area (Å²) in [5.74, 6) is 1.83. The summed E-state index contributed by atoms with van der Waals surface area (Å²) in [5.41, 5.74) is 1.40. The second-order valence-electron chi connectivity index (χ2n) is 5.15. The van der Waals surface area contributed by atoms with Crippen molar-refractivity contribution < 1.29 is 0 Å². The highest BCUT2D eigenvalue weighted by Crippen LogP contribution is 2.34. The predicted molar refractivity (Wildman–Crippen MR) is 68.0 cm³/mol. The number of hydrogen-bond acceptors (Lipinski definition) is 1. The Balaban J connectivity index is 2.45. The van der Waals surface area contributed by atoms with Crippen LogP contribution in [-0.2, 0) is 0 Å². The monoisotopic (exact) mass is 209 g/mol. The zero-order valence-corrected chi connectivity index (χ0v) is 10.7. The normalized spacial score (nSPS) is 27.9. The molecule has 0 spiro atoms. The van der Waals surface area contributed by atoms with E-state index in [1.54, 1.807) is 0 Å². The van der Waals surface area contributed by atoms with Gasteiger partial charge < -0.3 is 5.32 Å². The van der Waals surface area contributed by atoms with E-state index in [2.05, 4.69) is 32.7 Å². The number of hydrogen-bond donors (Lipinski definition) is 1. The van der Waals surface area contributed by atoms with Crippen molar-refractivity contribution in [2.24, 2.45) is 11.8 Å². The molecule has 0 amide bonds. The molecule has 1 nitrogen and oxygen atoms in total. The Morgan fingerprint density at radius 1 is 1.40 bits per heavy atom. The smallest absolute Gasteiger partial charge is 0.0132 e. The van der Waals surface area contributed by atoms with E-state index in [9.17, 15) is 0 Å². The van der Waals surface area contributed by atoms with Crippen LogP contribution in [0.25, 0.3) is 0 Å². The third kappa shape index (κ3) is 3.98. The summed E-state index contributed by atoms with van der Waals surface area (Å²) in [7, 11) is 0. The molecule has 1 aliphatic rings. The SMILES string of the molecule is C=C(CC)CC(NCC)C1CCC(C)C1. The molecule has 0 aromatic rings. The minimum atomic E-state index is 0.687. The van der Waals surface area contributed by atoms with Crippen LogP contribution in [0.1, 0.15) is 52.9 Å². The second kappa shape index (κ2) is 6.32. The summed E-state index contributed by atoms with van der Waals surface area (Å²) in [6.07, 6.45) is 6.56. The average molecular weight is 209 g/mol. The van der Waals surface area contributed by atoms with Gasteiger partial charge in [-0.15, -0.1) is 0 Å². The highest BCUT2D eigenvalue weighted by atomic mass is 14.9. The summed E-state index contributed by atoms with van der Waals surface area (Å²) in [6, 6.07) is 0.687. The maximum absolute atomic E-state index is 4.15. The molecule has 3 atom stereocenters. The molecule has 0 aliphatic heterocycles. The molecule has 1 saturated carbocycles. The molecule has 0 saturated heterocycles. The molecule has 0 aromatic heterocycles. The zero-order chi connectivity index (χ0) is 11.3. The summed E-state index contributed by atoms with van der Waals surface area (Å²) < 4.78 is 0. The molecule has 1 fully saturated rings.